The van der Waals surface area contributed by atoms with E-state index in [-0.39, 0.29) is 5.91 Å². The highest BCUT2D eigenvalue weighted by Gasteiger charge is 2.31. The van der Waals surface area contributed by atoms with Crippen molar-refractivity contribution in [2.45, 2.75) is 19.5 Å². The lowest BCUT2D eigenvalue weighted by Gasteiger charge is -2.22. The van der Waals surface area contributed by atoms with Crippen LogP contribution in [0.5, 0.6) is 0 Å². The van der Waals surface area contributed by atoms with E-state index < -0.39 is 6.17 Å². The number of hydrogen-bond acceptors (Lipinski definition) is 3. The highest BCUT2D eigenvalue weighted by molar-refractivity contribution is 7.80. The summed E-state index contributed by atoms with van der Waals surface area (Å²) in [6, 6.07) is 19.0. The molecule has 1 amide bonds. The molecule has 1 aliphatic rings. The fraction of sp³-hybridized carbons (Fsp3) is 0.179. The molecule has 0 saturated heterocycles. The summed E-state index contributed by atoms with van der Waals surface area (Å²) in [5, 5.41) is 8.92. The maximum absolute atomic E-state index is 13.4. The molecular formula is C28H25Cl2N5OS. The second-order valence-corrected chi connectivity index (χ2v) is 10.1. The molecule has 188 valence electrons. The summed E-state index contributed by atoms with van der Waals surface area (Å²) in [6.07, 6.45) is 1.85. The minimum atomic E-state index is -0.946. The van der Waals surface area contributed by atoms with Crippen molar-refractivity contribution < 1.29 is 4.79 Å². The average Bonchev–Trinajstić information content (AvgIpc) is 3.27. The Morgan fingerprint density at radius 3 is 2.73 bits per heavy atom. The van der Waals surface area contributed by atoms with Crippen molar-refractivity contribution in [3.63, 3.8) is 0 Å². The van der Waals surface area contributed by atoms with E-state index in [1.165, 1.54) is 16.5 Å². The number of aromatic nitrogens is 1. The minimum absolute atomic E-state index is 0.248. The Morgan fingerprint density at radius 1 is 1.11 bits per heavy atom. The second kappa shape index (κ2) is 10.5. The molecular weight excluding hydrogens is 525 g/mol. The monoisotopic (exact) mass is 549 g/mol. The van der Waals surface area contributed by atoms with Gasteiger partial charge in [0.05, 0.1) is 11.4 Å². The van der Waals surface area contributed by atoms with Crippen LogP contribution in [0, 0.1) is 6.92 Å². The molecule has 1 aliphatic heterocycles. The normalized spacial score (nSPS) is 15.2. The molecule has 5 rings (SSSR count). The number of anilines is 1. The molecule has 4 aromatic rings. The topological polar surface area (TPSA) is 72.5 Å². The molecule has 9 heteroatoms. The molecule has 3 N–H and O–H groups in total. The van der Waals surface area contributed by atoms with Gasteiger partial charge in [0.1, 0.15) is 0 Å². The predicted octanol–water partition coefficient (Wildman–Crippen LogP) is 5.63. The Balaban J connectivity index is 1.38. The summed E-state index contributed by atoms with van der Waals surface area (Å²) in [5.74, 6) is -0.248. The Labute approximate surface area is 230 Å². The van der Waals surface area contributed by atoms with Crippen LogP contribution in [0.1, 0.15) is 22.3 Å². The summed E-state index contributed by atoms with van der Waals surface area (Å²) < 4.78 is 0. The van der Waals surface area contributed by atoms with Crippen LogP contribution in [0.25, 0.3) is 10.9 Å². The first kappa shape index (κ1) is 25.3. The van der Waals surface area contributed by atoms with E-state index in [1.807, 2.05) is 30.5 Å². The smallest absolute Gasteiger partial charge is 0.272 e. The van der Waals surface area contributed by atoms with Gasteiger partial charge in [-0.2, -0.15) is 0 Å². The standard InChI is InChI=1S/C28H25Cl2N5OS/c1-16-6-5-8-19-17(15-32-24(16)19)12-13-31-28(37)34-26-27(36)35(2)23-11-10-18(29)14-21(23)25(33-26)20-7-3-4-9-22(20)30/h3-11,14-15,26,32H,12-13H2,1-2H3,(H2,31,34,37). The van der Waals surface area contributed by atoms with Crippen LogP contribution in [0.15, 0.2) is 71.9 Å². The quantitative estimate of drug-likeness (QED) is 0.282. The van der Waals surface area contributed by atoms with Crippen LogP contribution in [0.3, 0.4) is 0 Å². The molecule has 0 bridgehead atoms. The van der Waals surface area contributed by atoms with Crippen LogP contribution >= 0.6 is 35.4 Å². The van der Waals surface area contributed by atoms with E-state index in [0.29, 0.717) is 44.2 Å². The third-order valence-corrected chi connectivity index (χ3v) is 7.31. The third-order valence-electron chi connectivity index (χ3n) is 6.48. The van der Waals surface area contributed by atoms with Gasteiger partial charge in [-0.25, -0.2) is 4.99 Å². The number of benzene rings is 3. The predicted molar refractivity (Wildman–Crippen MR) is 156 cm³/mol. The zero-order valence-electron chi connectivity index (χ0n) is 20.3. The van der Waals surface area contributed by atoms with Crippen LogP contribution in [0.4, 0.5) is 5.69 Å². The van der Waals surface area contributed by atoms with Crippen molar-refractivity contribution in [3.8, 4) is 0 Å². The van der Waals surface area contributed by atoms with Gasteiger partial charge in [0.15, 0.2) is 5.11 Å². The average molecular weight is 551 g/mol. The molecule has 1 unspecified atom stereocenters. The number of para-hydroxylation sites is 1. The molecule has 0 aliphatic carbocycles. The maximum atomic E-state index is 13.4. The number of thiocarbonyl (C=S) groups is 1. The molecule has 1 atom stereocenters. The van der Waals surface area contributed by atoms with Crippen molar-refractivity contribution in [1.29, 1.82) is 0 Å². The van der Waals surface area contributed by atoms with Gasteiger partial charge in [0, 0.05) is 51.9 Å². The number of amides is 1. The van der Waals surface area contributed by atoms with Gasteiger partial charge in [-0.1, -0.05) is 59.6 Å². The van der Waals surface area contributed by atoms with E-state index in [1.54, 1.807) is 30.1 Å². The van der Waals surface area contributed by atoms with Crippen LogP contribution < -0.4 is 15.5 Å². The molecule has 1 aromatic heterocycles. The van der Waals surface area contributed by atoms with Crippen LogP contribution in [-0.4, -0.2) is 41.5 Å². The van der Waals surface area contributed by atoms with E-state index in [9.17, 15) is 4.79 Å². The van der Waals surface area contributed by atoms with Gasteiger partial charge >= 0.3 is 0 Å². The zero-order chi connectivity index (χ0) is 26.1. The molecule has 37 heavy (non-hydrogen) atoms. The van der Waals surface area contributed by atoms with Gasteiger partial charge in [0.2, 0.25) is 6.17 Å². The number of fused-ring (bicyclic) bond motifs is 2. The first-order valence-corrected chi connectivity index (χ1v) is 13.0. The first-order valence-electron chi connectivity index (χ1n) is 11.8. The fourth-order valence-corrected chi connectivity index (χ4v) is 5.18. The zero-order valence-corrected chi connectivity index (χ0v) is 22.6. The molecule has 0 saturated carbocycles. The Hall–Kier alpha value is -3.39. The summed E-state index contributed by atoms with van der Waals surface area (Å²) in [4.78, 5) is 23.1. The maximum Gasteiger partial charge on any atom is 0.272 e. The molecule has 2 heterocycles. The number of likely N-dealkylation sites (N-methyl/N-ethyl adjacent to an activating group) is 1. The fourth-order valence-electron chi connectivity index (χ4n) is 4.57. The lowest BCUT2D eigenvalue weighted by molar-refractivity contribution is -0.119. The van der Waals surface area contributed by atoms with Gasteiger partial charge in [-0.05, 0) is 61.0 Å². The number of hydrogen-bond donors (Lipinski definition) is 3. The van der Waals surface area contributed by atoms with Crippen LogP contribution in [0.2, 0.25) is 10.0 Å². The van der Waals surface area contributed by atoms with Crippen molar-refractivity contribution >= 4 is 68.7 Å². The SMILES string of the molecule is Cc1cccc2c(CCNC(=S)NC3N=C(c4ccccc4Cl)c4cc(Cl)ccc4N(C)C3=O)c[nH]c12. The first-order chi connectivity index (χ1) is 17.8. The van der Waals surface area contributed by atoms with Gasteiger partial charge in [-0.3, -0.25) is 4.79 Å². The lowest BCUT2D eigenvalue weighted by Crippen LogP contribution is -2.49. The Bertz CT molecular complexity index is 1550. The number of aromatic amines is 1. The number of aryl methyl sites for hydroxylation is 1. The number of carbonyl (C=O) groups is 1. The Morgan fingerprint density at radius 2 is 1.92 bits per heavy atom. The van der Waals surface area contributed by atoms with Crippen molar-refractivity contribution in [3.05, 3.63) is 99.2 Å². The highest BCUT2D eigenvalue weighted by Crippen LogP contribution is 2.31. The molecule has 6 nitrogen and oxygen atoms in total. The van der Waals surface area contributed by atoms with Gasteiger partial charge < -0.3 is 20.5 Å². The number of halogens is 2. The van der Waals surface area contributed by atoms with Gasteiger partial charge in [0.25, 0.3) is 5.91 Å². The molecule has 3 aromatic carbocycles. The Kier molecular flexibility index (Phi) is 7.20. The second-order valence-electron chi connectivity index (χ2n) is 8.88. The molecule has 0 spiro atoms. The van der Waals surface area contributed by atoms with Gasteiger partial charge in [-0.15, -0.1) is 0 Å². The van der Waals surface area contributed by atoms with E-state index in [2.05, 4.69) is 40.7 Å². The van der Waals surface area contributed by atoms with E-state index in [4.69, 9.17) is 40.4 Å². The summed E-state index contributed by atoms with van der Waals surface area (Å²) in [5.41, 5.74) is 6.22. The minimum Gasteiger partial charge on any atom is -0.362 e. The summed E-state index contributed by atoms with van der Waals surface area (Å²) in [7, 11) is 1.71. The number of benzodiazepines with no additional fused rings is 1. The summed E-state index contributed by atoms with van der Waals surface area (Å²) >= 11 is 18.4. The number of nitrogens with one attached hydrogen (secondary N) is 3. The molecule has 0 fully saturated rings. The van der Waals surface area contributed by atoms with Crippen molar-refractivity contribution in [2.24, 2.45) is 4.99 Å². The van der Waals surface area contributed by atoms with Crippen molar-refractivity contribution in [2.75, 3.05) is 18.5 Å². The van der Waals surface area contributed by atoms with E-state index in [0.717, 1.165) is 11.9 Å². The lowest BCUT2D eigenvalue weighted by atomic mass is 10.00. The van der Waals surface area contributed by atoms with Crippen LogP contribution in [-0.2, 0) is 11.2 Å². The number of carbonyl (C=O) groups excluding carboxylic acids is 1. The number of aliphatic imine (C=N–C) groups is 1. The number of H-pyrrole nitrogens is 1. The summed E-state index contributed by atoms with van der Waals surface area (Å²) in [6.45, 7) is 2.69. The third kappa shape index (κ3) is 5.07. The van der Waals surface area contributed by atoms with E-state index >= 15 is 0 Å². The number of nitrogens with zero attached hydrogens (tertiary/aromatic N) is 2. The largest absolute Gasteiger partial charge is 0.362 e. The molecule has 0 radical (unpaired) electrons. The highest BCUT2D eigenvalue weighted by atomic mass is 35.5. The van der Waals surface area contributed by atoms with Crippen molar-refractivity contribution in [1.82, 2.24) is 15.6 Å². The number of rotatable bonds is 5.